The van der Waals surface area contributed by atoms with Crippen molar-refractivity contribution >= 4 is 17.9 Å². The highest BCUT2D eigenvalue weighted by Gasteiger charge is 2.21. The van der Waals surface area contributed by atoms with Crippen LogP contribution in [-0.4, -0.2) is 18.9 Å². The molecule has 0 aromatic heterocycles. The quantitative estimate of drug-likeness (QED) is 0.793. The van der Waals surface area contributed by atoms with Crippen molar-refractivity contribution in [3.8, 4) is 5.75 Å². The van der Waals surface area contributed by atoms with Crippen molar-refractivity contribution in [2.45, 2.75) is 19.3 Å². The molecule has 4 heteroatoms. The molecule has 88 valence electrons. The van der Waals surface area contributed by atoms with Crippen molar-refractivity contribution in [3.05, 3.63) is 29.8 Å². The number of nitrogens with one attached hydrogen (secondary N) is 1. The van der Waals surface area contributed by atoms with Crippen molar-refractivity contribution in [2.24, 2.45) is 0 Å². The Hall–Kier alpha value is -1.16. The van der Waals surface area contributed by atoms with Crippen LogP contribution in [0, 0.1) is 0 Å². The van der Waals surface area contributed by atoms with Crippen molar-refractivity contribution < 1.29 is 9.53 Å². The Bertz CT molecular complexity index is 377. The Morgan fingerprint density at radius 3 is 2.75 bits per heavy atom. The fourth-order valence-electron chi connectivity index (χ4n) is 1.44. The van der Waals surface area contributed by atoms with Gasteiger partial charge in [0.1, 0.15) is 5.75 Å². The molecule has 0 saturated heterocycles. The van der Waals surface area contributed by atoms with Gasteiger partial charge < -0.3 is 10.1 Å². The molecule has 1 aromatic carbocycles. The molecule has 1 amide bonds. The molecule has 3 nitrogen and oxygen atoms in total. The maximum Gasteiger partial charge on any atom is 0.276 e. The third kappa shape index (κ3) is 3.45. The van der Waals surface area contributed by atoms with Crippen LogP contribution in [-0.2, 0) is 5.41 Å². The molecule has 0 aliphatic carbocycles. The summed E-state index contributed by atoms with van der Waals surface area (Å²) in [6.07, 6.45) is 0. The number of hydrogen-bond acceptors (Lipinski definition) is 2. The highest BCUT2D eigenvalue weighted by molar-refractivity contribution is 7.96. The summed E-state index contributed by atoms with van der Waals surface area (Å²) >= 11 is 3.69. The highest BCUT2D eigenvalue weighted by Crippen LogP contribution is 2.25. The van der Waals surface area contributed by atoms with Gasteiger partial charge in [0.15, 0.2) is 0 Å². The van der Waals surface area contributed by atoms with E-state index in [1.807, 2.05) is 24.3 Å². The molecule has 0 radical (unpaired) electrons. The number of hydrogen-bond donors (Lipinski definition) is 2. The molecule has 0 bridgehead atoms. The fourth-order valence-corrected chi connectivity index (χ4v) is 1.52. The summed E-state index contributed by atoms with van der Waals surface area (Å²) in [6, 6.07) is 7.84. The predicted molar refractivity (Wildman–Crippen MR) is 68.4 cm³/mol. The number of benzene rings is 1. The second kappa shape index (κ2) is 5.25. The summed E-state index contributed by atoms with van der Waals surface area (Å²) in [4.78, 5) is 10.8. The minimum atomic E-state index is -0.309. The van der Waals surface area contributed by atoms with Gasteiger partial charge in [0.2, 0.25) is 0 Å². The second-order valence-corrected chi connectivity index (χ2v) is 4.68. The lowest BCUT2D eigenvalue weighted by Crippen LogP contribution is -2.34. The number of rotatable bonds is 4. The van der Waals surface area contributed by atoms with Crippen LogP contribution in [0.5, 0.6) is 5.75 Å². The smallest absolute Gasteiger partial charge is 0.276 e. The van der Waals surface area contributed by atoms with Crippen LogP contribution in [0.25, 0.3) is 0 Å². The SMILES string of the molecule is COc1cccc(C(C)(C)CNC(=O)S)c1. The van der Waals surface area contributed by atoms with Crippen LogP contribution in [0.15, 0.2) is 24.3 Å². The third-order valence-electron chi connectivity index (χ3n) is 2.53. The molecule has 0 spiro atoms. The van der Waals surface area contributed by atoms with Crippen LogP contribution in [0.2, 0.25) is 0 Å². The lowest BCUT2D eigenvalue weighted by atomic mass is 9.84. The standard InChI is InChI=1S/C12H17NO2S/c1-12(2,8-13-11(14)16)9-5-4-6-10(7-9)15-3/h4-7H,8H2,1-3H3,(H2,13,14,16). The van der Waals surface area contributed by atoms with E-state index in [1.165, 1.54) is 0 Å². The normalized spacial score (nSPS) is 11.0. The number of methoxy groups -OCH3 is 1. The van der Waals surface area contributed by atoms with Crippen LogP contribution in [0.3, 0.4) is 0 Å². The molecule has 0 fully saturated rings. The van der Waals surface area contributed by atoms with Gasteiger partial charge in [0.25, 0.3) is 5.24 Å². The van der Waals surface area contributed by atoms with Crippen molar-refractivity contribution in [2.75, 3.05) is 13.7 Å². The monoisotopic (exact) mass is 239 g/mol. The van der Waals surface area contributed by atoms with Gasteiger partial charge in [-0.15, -0.1) is 0 Å². The zero-order valence-corrected chi connectivity index (χ0v) is 10.7. The summed E-state index contributed by atoms with van der Waals surface area (Å²) < 4.78 is 5.17. The van der Waals surface area contributed by atoms with Gasteiger partial charge in [-0.3, -0.25) is 4.79 Å². The Balaban J connectivity index is 2.83. The number of thiol groups is 1. The first-order chi connectivity index (χ1) is 7.45. The number of ether oxygens (including phenoxy) is 1. The van der Waals surface area contributed by atoms with Gasteiger partial charge in [-0.25, -0.2) is 0 Å². The van der Waals surface area contributed by atoms with E-state index in [0.29, 0.717) is 6.54 Å². The third-order valence-corrected chi connectivity index (χ3v) is 2.69. The summed E-state index contributed by atoms with van der Waals surface area (Å²) in [5, 5.41) is 2.40. The van der Waals surface area contributed by atoms with Gasteiger partial charge in [-0.1, -0.05) is 38.6 Å². The molecular weight excluding hydrogens is 222 g/mol. The van der Waals surface area contributed by atoms with E-state index in [2.05, 4.69) is 31.8 Å². The Kier molecular flexibility index (Phi) is 4.24. The molecule has 16 heavy (non-hydrogen) atoms. The second-order valence-electron chi connectivity index (χ2n) is 4.27. The summed E-state index contributed by atoms with van der Waals surface area (Å²) in [5.74, 6) is 0.822. The average Bonchev–Trinajstić information content (AvgIpc) is 2.27. The van der Waals surface area contributed by atoms with E-state index in [0.717, 1.165) is 11.3 Å². The van der Waals surface area contributed by atoms with Crippen molar-refractivity contribution in [1.82, 2.24) is 5.32 Å². The fraction of sp³-hybridized carbons (Fsp3) is 0.417. The Labute approximate surface area is 102 Å². The zero-order chi connectivity index (χ0) is 12.2. The summed E-state index contributed by atoms with van der Waals surface area (Å²) in [7, 11) is 1.64. The minimum Gasteiger partial charge on any atom is -0.497 e. The highest BCUT2D eigenvalue weighted by atomic mass is 32.1. The van der Waals surface area contributed by atoms with Crippen LogP contribution in [0.4, 0.5) is 4.79 Å². The number of carbonyl (C=O) groups excluding carboxylic acids is 1. The topological polar surface area (TPSA) is 38.3 Å². The first-order valence-electron chi connectivity index (χ1n) is 5.07. The lowest BCUT2D eigenvalue weighted by Gasteiger charge is -2.25. The Morgan fingerprint density at radius 2 is 2.19 bits per heavy atom. The lowest BCUT2D eigenvalue weighted by molar-refractivity contribution is 0.259. The molecule has 0 atom stereocenters. The number of carbonyl (C=O) groups is 1. The van der Waals surface area contributed by atoms with E-state index in [4.69, 9.17) is 4.74 Å². The largest absolute Gasteiger partial charge is 0.497 e. The molecule has 0 heterocycles. The predicted octanol–water partition coefficient (Wildman–Crippen LogP) is 2.61. The van der Waals surface area contributed by atoms with E-state index >= 15 is 0 Å². The minimum absolute atomic E-state index is 0.146. The van der Waals surface area contributed by atoms with E-state index in [9.17, 15) is 4.79 Å². The molecule has 0 unspecified atom stereocenters. The van der Waals surface area contributed by atoms with Crippen molar-refractivity contribution in [3.63, 3.8) is 0 Å². The van der Waals surface area contributed by atoms with Crippen LogP contribution in [0.1, 0.15) is 19.4 Å². The van der Waals surface area contributed by atoms with Gasteiger partial charge in [0.05, 0.1) is 7.11 Å². The van der Waals surface area contributed by atoms with Gasteiger partial charge in [0, 0.05) is 12.0 Å². The number of amides is 1. The van der Waals surface area contributed by atoms with Crippen LogP contribution >= 0.6 is 12.6 Å². The van der Waals surface area contributed by atoms with E-state index in [1.54, 1.807) is 7.11 Å². The molecule has 1 aromatic rings. The zero-order valence-electron chi connectivity index (χ0n) is 9.78. The maximum absolute atomic E-state index is 10.8. The first-order valence-corrected chi connectivity index (χ1v) is 5.52. The van der Waals surface area contributed by atoms with E-state index < -0.39 is 0 Å². The maximum atomic E-state index is 10.8. The van der Waals surface area contributed by atoms with Crippen molar-refractivity contribution in [1.29, 1.82) is 0 Å². The Morgan fingerprint density at radius 1 is 1.50 bits per heavy atom. The molecule has 0 aliphatic rings. The molecule has 0 aliphatic heterocycles. The van der Waals surface area contributed by atoms with Gasteiger partial charge in [-0.2, -0.15) is 0 Å². The van der Waals surface area contributed by atoms with E-state index in [-0.39, 0.29) is 10.7 Å². The molecular formula is C12H17NO2S. The summed E-state index contributed by atoms with van der Waals surface area (Å²) in [5.41, 5.74) is 0.973. The molecule has 1 N–H and O–H groups in total. The van der Waals surface area contributed by atoms with Gasteiger partial charge in [-0.05, 0) is 17.7 Å². The first kappa shape index (κ1) is 12.9. The molecule has 1 rings (SSSR count). The van der Waals surface area contributed by atoms with Crippen LogP contribution < -0.4 is 10.1 Å². The average molecular weight is 239 g/mol. The van der Waals surface area contributed by atoms with Gasteiger partial charge >= 0.3 is 0 Å². The summed E-state index contributed by atoms with van der Waals surface area (Å²) in [6.45, 7) is 4.67. The molecule has 0 saturated carbocycles.